The number of carbonyl (C=O) groups excluding carboxylic acids is 1. The van der Waals surface area contributed by atoms with Crippen molar-refractivity contribution in [1.29, 1.82) is 0 Å². The third-order valence-corrected chi connectivity index (χ3v) is 2.67. The van der Waals surface area contributed by atoms with Gasteiger partial charge in [-0.3, -0.25) is 4.79 Å². The van der Waals surface area contributed by atoms with E-state index < -0.39 is 28.8 Å². The zero-order valence-electron chi connectivity index (χ0n) is 10.4. The van der Waals surface area contributed by atoms with E-state index in [1.165, 1.54) is 31.2 Å². The molecule has 1 aromatic heterocycles. The van der Waals surface area contributed by atoms with Crippen LogP contribution in [-0.2, 0) is 10.9 Å². The molecule has 0 radical (unpaired) electrons. The number of H-pyrrole nitrogens is 1. The number of aromatic nitrogens is 1. The molecule has 2 rings (SSSR count). The van der Waals surface area contributed by atoms with Crippen LogP contribution in [0.15, 0.2) is 29.1 Å². The fourth-order valence-electron chi connectivity index (χ4n) is 1.85. The van der Waals surface area contributed by atoms with Gasteiger partial charge in [-0.1, -0.05) is 12.1 Å². The van der Waals surface area contributed by atoms with Gasteiger partial charge in [0.15, 0.2) is 0 Å². The Bertz CT molecular complexity index is 719. The Morgan fingerprint density at radius 1 is 1.30 bits per heavy atom. The lowest BCUT2D eigenvalue weighted by Gasteiger charge is -2.13. The SMILES string of the molecule is CCOC(=O)c1c(C(F)(F)F)[nH]c2ccccc2c1=O. The van der Waals surface area contributed by atoms with Gasteiger partial charge in [0.2, 0.25) is 5.43 Å². The maximum absolute atomic E-state index is 13.0. The van der Waals surface area contributed by atoms with Gasteiger partial charge in [0, 0.05) is 10.9 Å². The van der Waals surface area contributed by atoms with Crippen molar-refractivity contribution < 1.29 is 22.7 Å². The van der Waals surface area contributed by atoms with Crippen LogP contribution >= 0.6 is 0 Å². The Labute approximate surface area is 111 Å². The van der Waals surface area contributed by atoms with E-state index in [2.05, 4.69) is 9.72 Å². The van der Waals surface area contributed by atoms with Crippen molar-refractivity contribution in [2.24, 2.45) is 0 Å². The molecule has 0 atom stereocenters. The molecule has 0 saturated carbocycles. The van der Waals surface area contributed by atoms with E-state index in [-0.39, 0.29) is 17.5 Å². The average molecular weight is 285 g/mol. The van der Waals surface area contributed by atoms with E-state index in [4.69, 9.17) is 0 Å². The number of benzene rings is 1. The summed E-state index contributed by atoms with van der Waals surface area (Å²) < 4.78 is 43.5. The molecule has 2 aromatic rings. The lowest BCUT2D eigenvalue weighted by atomic mass is 10.1. The topological polar surface area (TPSA) is 59.2 Å². The minimum atomic E-state index is -4.86. The minimum absolute atomic E-state index is 0.00329. The largest absolute Gasteiger partial charge is 0.462 e. The summed E-state index contributed by atoms with van der Waals surface area (Å²) in [6.07, 6.45) is -4.86. The number of rotatable bonds is 2. The van der Waals surface area contributed by atoms with Crippen molar-refractivity contribution in [1.82, 2.24) is 4.98 Å². The molecule has 0 aliphatic carbocycles. The summed E-state index contributed by atoms with van der Waals surface area (Å²) >= 11 is 0. The Morgan fingerprint density at radius 2 is 1.95 bits per heavy atom. The number of para-hydroxylation sites is 1. The second kappa shape index (κ2) is 4.99. The van der Waals surface area contributed by atoms with Crippen molar-refractivity contribution in [3.05, 3.63) is 45.7 Å². The summed E-state index contributed by atoms with van der Waals surface area (Å²) in [5, 5.41) is 0.00329. The Hall–Kier alpha value is -2.31. The van der Waals surface area contributed by atoms with Crippen LogP contribution in [0.2, 0.25) is 0 Å². The van der Waals surface area contributed by atoms with Crippen molar-refractivity contribution >= 4 is 16.9 Å². The smallest absolute Gasteiger partial charge is 0.432 e. The number of esters is 1. The van der Waals surface area contributed by atoms with E-state index in [0.29, 0.717) is 0 Å². The van der Waals surface area contributed by atoms with Gasteiger partial charge in [-0.15, -0.1) is 0 Å². The van der Waals surface area contributed by atoms with Crippen molar-refractivity contribution in [3.63, 3.8) is 0 Å². The molecule has 7 heteroatoms. The quantitative estimate of drug-likeness (QED) is 0.863. The van der Waals surface area contributed by atoms with Gasteiger partial charge < -0.3 is 9.72 Å². The predicted molar refractivity (Wildman–Crippen MR) is 65.5 cm³/mol. The highest BCUT2D eigenvalue weighted by molar-refractivity contribution is 5.95. The molecule has 0 saturated heterocycles. The van der Waals surface area contributed by atoms with Crippen LogP contribution < -0.4 is 5.43 Å². The van der Waals surface area contributed by atoms with Crippen molar-refractivity contribution in [3.8, 4) is 0 Å². The molecule has 0 aliphatic rings. The molecule has 0 fully saturated rings. The van der Waals surface area contributed by atoms with Crippen LogP contribution in [0.1, 0.15) is 23.0 Å². The zero-order valence-corrected chi connectivity index (χ0v) is 10.4. The molecule has 1 N–H and O–H groups in total. The van der Waals surface area contributed by atoms with Gasteiger partial charge in [0.1, 0.15) is 11.3 Å². The third-order valence-electron chi connectivity index (χ3n) is 2.67. The molecule has 1 aromatic carbocycles. The van der Waals surface area contributed by atoms with E-state index in [1.54, 1.807) is 0 Å². The van der Waals surface area contributed by atoms with Crippen molar-refractivity contribution in [2.75, 3.05) is 6.61 Å². The highest BCUT2D eigenvalue weighted by Crippen LogP contribution is 2.30. The monoisotopic (exact) mass is 285 g/mol. The number of ether oxygens (including phenoxy) is 1. The van der Waals surface area contributed by atoms with Crippen LogP contribution in [0.3, 0.4) is 0 Å². The van der Waals surface area contributed by atoms with Gasteiger partial charge in [0.25, 0.3) is 0 Å². The van der Waals surface area contributed by atoms with Gasteiger partial charge in [-0.05, 0) is 19.1 Å². The van der Waals surface area contributed by atoms with E-state index in [9.17, 15) is 22.8 Å². The van der Waals surface area contributed by atoms with Gasteiger partial charge in [-0.25, -0.2) is 4.79 Å². The molecule has 0 unspecified atom stereocenters. The number of hydrogen-bond acceptors (Lipinski definition) is 3. The highest BCUT2D eigenvalue weighted by atomic mass is 19.4. The first-order valence-corrected chi connectivity index (χ1v) is 5.75. The summed E-state index contributed by atoms with van der Waals surface area (Å²) in [4.78, 5) is 25.8. The van der Waals surface area contributed by atoms with Gasteiger partial charge in [0.05, 0.1) is 6.61 Å². The first kappa shape index (κ1) is 14.1. The van der Waals surface area contributed by atoms with E-state index >= 15 is 0 Å². The molecule has 1 heterocycles. The molecule has 0 aliphatic heterocycles. The number of halogens is 3. The third kappa shape index (κ3) is 2.38. The molecule has 4 nitrogen and oxygen atoms in total. The Morgan fingerprint density at radius 3 is 2.55 bits per heavy atom. The lowest BCUT2D eigenvalue weighted by molar-refractivity contribution is -0.141. The summed E-state index contributed by atoms with van der Waals surface area (Å²) in [7, 11) is 0. The Kier molecular flexibility index (Phi) is 3.52. The van der Waals surface area contributed by atoms with Gasteiger partial charge >= 0.3 is 12.1 Å². The molecule has 0 amide bonds. The molecular weight excluding hydrogens is 275 g/mol. The Balaban J connectivity index is 2.84. The normalized spacial score (nSPS) is 11.6. The maximum atomic E-state index is 13.0. The fourth-order valence-corrected chi connectivity index (χ4v) is 1.85. The summed E-state index contributed by atoms with van der Waals surface area (Å²) in [6, 6.07) is 5.67. The van der Waals surface area contributed by atoms with Gasteiger partial charge in [-0.2, -0.15) is 13.2 Å². The molecule has 20 heavy (non-hydrogen) atoms. The number of carbonyl (C=O) groups is 1. The molecule has 106 valence electrons. The number of alkyl halides is 3. The average Bonchev–Trinajstić information content (AvgIpc) is 2.37. The first-order valence-electron chi connectivity index (χ1n) is 5.75. The summed E-state index contributed by atoms with van der Waals surface area (Å²) in [5.74, 6) is -1.29. The van der Waals surface area contributed by atoms with Crippen LogP contribution in [-0.4, -0.2) is 17.6 Å². The number of fused-ring (bicyclic) bond motifs is 1. The van der Waals surface area contributed by atoms with Crippen LogP contribution in [0.25, 0.3) is 10.9 Å². The number of hydrogen-bond donors (Lipinski definition) is 1. The van der Waals surface area contributed by atoms with E-state index in [1.807, 2.05) is 0 Å². The maximum Gasteiger partial charge on any atom is 0.432 e. The van der Waals surface area contributed by atoms with Crippen molar-refractivity contribution in [2.45, 2.75) is 13.1 Å². The molecule has 0 bridgehead atoms. The second-order valence-corrected chi connectivity index (χ2v) is 3.97. The molecule has 0 spiro atoms. The second-order valence-electron chi connectivity index (χ2n) is 3.97. The minimum Gasteiger partial charge on any atom is -0.462 e. The fraction of sp³-hybridized carbons (Fsp3) is 0.231. The predicted octanol–water partition coefficient (Wildman–Crippen LogP) is 2.72. The number of aromatic amines is 1. The lowest BCUT2D eigenvalue weighted by Crippen LogP contribution is -2.26. The number of pyridine rings is 1. The summed E-state index contributed by atoms with van der Waals surface area (Å²) in [6.45, 7) is 1.32. The standard InChI is InChI=1S/C13H10F3NO3/c1-2-20-12(19)9-10(18)7-5-3-4-6-8(7)17-11(9)13(14,15)16/h3-6H,2H2,1H3,(H,17,18). The summed E-state index contributed by atoms with van der Waals surface area (Å²) in [5.41, 5.74) is -3.39. The first-order chi connectivity index (χ1) is 9.36. The zero-order chi connectivity index (χ0) is 14.9. The molecular formula is C13H10F3NO3. The van der Waals surface area contributed by atoms with E-state index in [0.717, 1.165) is 0 Å². The van der Waals surface area contributed by atoms with Crippen LogP contribution in [0.5, 0.6) is 0 Å². The highest BCUT2D eigenvalue weighted by Gasteiger charge is 2.39. The van der Waals surface area contributed by atoms with Crippen LogP contribution in [0, 0.1) is 0 Å². The number of nitrogens with one attached hydrogen (secondary N) is 1. The van der Waals surface area contributed by atoms with Crippen LogP contribution in [0.4, 0.5) is 13.2 Å².